The number of nitrogens with one attached hydrogen (secondary N) is 1. The van der Waals surface area contributed by atoms with Crippen molar-refractivity contribution in [2.24, 2.45) is 0 Å². The molecule has 1 amide bonds. The van der Waals surface area contributed by atoms with Crippen molar-refractivity contribution in [1.82, 2.24) is 10.3 Å². The Bertz CT molecular complexity index is 428. The maximum atomic E-state index is 13.3. The van der Waals surface area contributed by atoms with Crippen molar-refractivity contribution in [3.63, 3.8) is 0 Å². The normalized spacial score (nSPS) is 11.4. The smallest absolute Gasteiger partial charge is 0.255 e. The third-order valence-corrected chi connectivity index (χ3v) is 2.75. The number of amides is 1. The van der Waals surface area contributed by atoms with Gasteiger partial charge < -0.3 is 15.5 Å². The molecule has 0 aliphatic heterocycles. The summed E-state index contributed by atoms with van der Waals surface area (Å²) in [6.07, 6.45) is 1.19. The van der Waals surface area contributed by atoms with Crippen LogP contribution in [-0.4, -0.2) is 39.9 Å². The highest BCUT2D eigenvalue weighted by atomic mass is 19.2. The minimum absolute atomic E-state index is 0.237. The summed E-state index contributed by atoms with van der Waals surface area (Å²) in [5.74, 6) is -3.66. The van der Waals surface area contributed by atoms with E-state index in [0.717, 1.165) is 12.3 Å². The van der Waals surface area contributed by atoms with Crippen LogP contribution in [0.2, 0.25) is 0 Å². The molecule has 1 heterocycles. The van der Waals surface area contributed by atoms with Crippen LogP contribution in [0.4, 0.5) is 8.78 Å². The summed E-state index contributed by atoms with van der Waals surface area (Å²) in [6, 6.07) is 1.02. The van der Waals surface area contributed by atoms with E-state index in [1.807, 2.05) is 0 Å². The maximum Gasteiger partial charge on any atom is 0.255 e. The first-order valence-corrected chi connectivity index (χ1v) is 5.34. The van der Waals surface area contributed by atoms with Crippen LogP contribution in [0.15, 0.2) is 12.3 Å². The number of rotatable bonds is 5. The van der Waals surface area contributed by atoms with Gasteiger partial charge in [-0.2, -0.15) is 4.39 Å². The summed E-state index contributed by atoms with van der Waals surface area (Å²) in [7, 11) is 0. The number of hydrogen-bond donors (Lipinski definition) is 3. The molecule has 0 radical (unpaired) electrons. The Morgan fingerprint density at radius 3 is 2.56 bits per heavy atom. The van der Waals surface area contributed by atoms with Gasteiger partial charge in [0.05, 0.1) is 24.3 Å². The molecule has 1 aromatic heterocycles. The monoisotopic (exact) mass is 260 g/mol. The summed E-state index contributed by atoms with van der Waals surface area (Å²) >= 11 is 0. The number of carbonyl (C=O) groups is 1. The first-order chi connectivity index (χ1) is 8.49. The van der Waals surface area contributed by atoms with Gasteiger partial charge in [0, 0.05) is 6.20 Å². The molecule has 0 fully saturated rings. The van der Waals surface area contributed by atoms with E-state index in [2.05, 4.69) is 10.3 Å². The van der Waals surface area contributed by atoms with Gasteiger partial charge in [-0.05, 0) is 12.5 Å². The number of pyridine rings is 1. The third-order valence-electron chi connectivity index (χ3n) is 2.75. The van der Waals surface area contributed by atoms with Crippen LogP contribution in [-0.2, 0) is 0 Å². The molecule has 0 atom stereocenters. The van der Waals surface area contributed by atoms with Gasteiger partial charge in [0.2, 0.25) is 5.95 Å². The van der Waals surface area contributed by atoms with Crippen molar-refractivity contribution < 1.29 is 23.8 Å². The average molecular weight is 260 g/mol. The lowest BCUT2D eigenvalue weighted by Gasteiger charge is -2.29. The number of aliphatic hydroxyl groups excluding tert-OH is 2. The van der Waals surface area contributed by atoms with Gasteiger partial charge in [-0.1, -0.05) is 6.92 Å². The minimum Gasteiger partial charge on any atom is -0.394 e. The Morgan fingerprint density at radius 2 is 2.06 bits per heavy atom. The van der Waals surface area contributed by atoms with Gasteiger partial charge in [0.25, 0.3) is 5.91 Å². The zero-order valence-electron chi connectivity index (χ0n) is 9.78. The molecule has 0 aliphatic carbocycles. The van der Waals surface area contributed by atoms with Crippen molar-refractivity contribution in [2.45, 2.75) is 18.9 Å². The summed E-state index contributed by atoms with van der Waals surface area (Å²) in [6.45, 7) is 0.609. The highest BCUT2D eigenvalue weighted by Crippen LogP contribution is 2.13. The zero-order valence-corrected chi connectivity index (χ0v) is 9.78. The van der Waals surface area contributed by atoms with E-state index in [0.29, 0.717) is 0 Å². The molecule has 3 N–H and O–H groups in total. The lowest BCUT2D eigenvalue weighted by atomic mass is 9.98. The second-order valence-corrected chi connectivity index (χ2v) is 3.87. The molecule has 0 saturated heterocycles. The first kappa shape index (κ1) is 14.5. The predicted octanol–water partition coefficient (Wildman–Crippen LogP) is 0.223. The van der Waals surface area contributed by atoms with E-state index in [-0.39, 0.29) is 6.42 Å². The summed E-state index contributed by atoms with van der Waals surface area (Å²) in [5, 5.41) is 20.6. The van der Waals surface area contributed by atoms with E-state index in [9.17, 15) is 13.6 Å². The largest absolute Gasteiger partial charge is 0.394 e. The van der Waals surface area contributed by atoms with Gasteiger partial charge in [-0.3, -0.25) is 4.79 Å². The molecule has 0 aliphatic rings. The molecule has 0 spiro atoms. The quantitative estimate of drug-likeness (QED) is 0.661. The second kappa shape index (κ2) is 5.83. The standard InChI is InChI=1S/C11H14F2N2O3/c1-2-11(5-16,6-17)15-10(18)7-3-4-14-9(13)8(7)12/h3-4,16-17H,2,5-6H2,1H3,(H,15,18). The van der Waals surface area contributed by atoms with Gasteiger partial charge >= 0.3 is 0 Å². The zero-order chi connectivity index (χ0) is 13.8. The van der Waals surface area contributed by atoms with Crippen LogP contribution >= 0.6 is 0 Å². The van der Waals surface area contributed by atoms with Crippen molar-refractivity contribution in [2.75, 3.05) is 13.2 Å². The van der Waals surface area contributed by atoms with E-state index in [1.54, 1.807) is 6.92 Å². The fourth-order valence-electron chi connectivity index (χ4n) is 1.34. The van der Waals surface area contributed by atoms with Crippen LogP contribution in [0, 0.1) is 11.8 Å². The Kier molecular flexibility index (Phi) is 4.69. The minimum atomic E-state index is -1.38. The lowest BCUT2D eigenvalue weighted by Crippen LogP contribution is -2.54. The highest BCUT2D eigenvalue weighted by Gasteiger charge is 2.30. The summed E-state index contributed by atoms with van der Waals surface area (Å²) in [5.41, 5.74) is -1.79. The number of carbonyl (C=O) groups excluding carboxylic acids is 1. The maximum absolute atomic E-state index is 13.3. The third kappa shape index (κ3) is 2.80. The molecule has 0 unspecified atom stereocenters. The van der Waals surface area contributed by atoms with E-state index in [4.69, 9.17) is 10.2 Å². The molecular weight excluding hydrogens is 246 g/mol. The van der Waals surface area contributed by atoms with Crippen LogP contribution in [0.25, 0.3) is 0 Å². The molecule has 7 heteroatoms. The number of aromatic nitrogens is 1. The van der Waals surface area contributed by atoms with Gasteiger partial charge in [-0.15, -0.1) is 0 Å². The van der Waals surface area contributed by atoms with Crippen molar-refractivity contribution >= 4 is 5.91 Å². The fourth-order valence-corrected chi connectivity index (χ4v) is 1.34. The van der Waals surface area contributed by atoms with E-state index < -0.39 is 42.0 Å². The number of nitrogens with zero attached hydrogens (tertiary/aromatic N) is 1. The second-order valence-electron chi connectivity index (χ2n) is 3.87. The SMILES string of the molecule is CCC(CO)(CO)NC(=O)c1ccnc(F)c1F. The summed E-state index contributed by atoms with van der Waals surface area (Å²) in [4.78, 5) is 14.8. The Morgan fingerprint density at radius 1 is 1.44 bits per heavy atom. The molecule has 5 nitrogen and oxygen atoms in total. The van der Waals surface area contributed by atoms with Gasteiger partial charge in [0.1, 0.15) is 0 Å². The van der Waals surface area contributed by atoms with Gasteiger partial charge in [-0.25, -0.2) is 9.37 Å². The molecule has 0 bridgehead atoms. The molecule has 0 aromatic carbocycles. The number of halogens is 2. The first-order valence-electron chi connectivity index (χ1n) is 5.34. The molecular formula is C11H14F2N2O3. The lowest BCUT2D eigenvalue weighted by molar-refractivity contribution is 0.0649. The number of hydrogen-bond acceptors (Lipinski definition) is 4. The highest BCUT2D eigenvalue weighted by molar-refractivity contribution is 5.94. The Hall–Kier alpha value is -1.60. The summed E-state index contributed by atoms with van der Waals surface area (Å²) < 4.78 is 26.2. The van der Waals surface area contributed by atoms with Crippen molar-refractivity contribution in [3.05, 3.63) is 29.6 Å². The molecule has 1 aromatic rings. The molecule has 100 valence electrons. The van der Waals surface area contributed by atoms with Crippen molar-refractivity contribution in [1.29, 1.82) is 0 Å². The topological polar surface area (TPSA) is 82.5 Å². The van der Waals surface area contributed by atoms with Gasteiger partial charge in [0.15, 0.2) is 5.82 Å². The van der Waals surface area contributed by atoms with Crippen molar-refractivity contribution in [3.8, 4) is 0 Å². The molecule has 1 rings (SSSR count). The van der Waals surface area contributed by atoms with E-state index in [1.165, 1.54) is 0 Å². The molecule has 18 heavy (non-hydrogen) atoms. The number of aliphatic hydroxyl groups is 2. The predicted molar refractivity (Wildman–Crippen MR) is 58.8 cm³/mol. The van der Waals surface area contributed by atoms with Crippen LogP contribution in [0.3, 0.4) is 0 Å². The average Bonchev–Trinajstić information content (AvgIpc) is 2.39. The Labute approximate surface area is 102 Å². The van der Waals surface area contributed by atoms with Crippen LogP contribution in [0.5, 0.6) is 0 Å². The van der Waals surface area contributed by atoms with E-state index >= 15 is 0 Å². The van der Waals surface area contributed by atoms with Crippen LogP contribution < -0.4 is 5.32 Å². The Balaban J connectivity index is 2.98. The molecule has 0 saturated carbocycles. The van der Waals surface area contributed by atoms with Crippen LogP contribution in [0.1, 0.15) is 23.7 Å². The fraction of sp³-hybridized carbons (Fsp3) is 0.455.